The summed E-state index contributed by atoms with van der Waals surface area (Å²) in [6, 6.07) is 1.75. The maximum atomic E-state index is 13.4. The Kier molecular flexibility index (Phi) is 5.42. The molecule has 1 aromatic heterocycles. The SMILES string of the molecule is CN(C)c1c(C(=O)C(F)(F)F)cc(C(=O)C(F)(F)F)c2c1ccc1c(C(F)(F)F)nn(C)c12. The largest absolute Gasteiger partial charge is 0.454 e. The number of Topliss-reactive ketones (excluding diaryl/α,β-unsaturated/α-hetero) is 2. The van der Waals surface area contributed by atoms with Crippen molar-refractivity contribution in [2.45, 2.75) is 18.5 Å². The van der Waals surface area contributed by atoms with Crippen LogP contribution >= 0.6 is 0 Å². The maximum absolute atomic E-state index is 13.4. The molecule has 0 saturated heterocycles. The second-order valence-corrected chi connectivity index (χ2v) is 7.22. The van der Waals surface area contributed by atoms with Crippen LogP contribution in [-0.4, -0.2) is 47.8 Å². The average Bonchev–Trinajstić information content (AvgIpc) is 3.01. The first kappa shape index (κ1) is 24.3. The van der Waals surface area contributed by atoms with Gasteiger partial charge in [-0.05, 0) is 12.1 Å². The van der Waals surface area contributed by atoms with Crippen molar-refractivity contribution in [2.24, 2.45) is 7.05 Å². The highest BCUT2D eigenvalue weighted by Crippen LogP contribution is 2.43. The Bertz CT molecular complexity index is 1300. The smallest absolute Gasteiger partial charge is 0.377 e. The van der Waals surface area contributed by atoms with E-state index in [4.69, 9.17) is 0 Å². The van der Waals surface area contributed by atoms with Crippen LogP contribution in [0.15, 0.2) is 18.2 Å². The normalized spacial score (nSPS) is 13.1. The van der Waals surface area contributed by atoms with Gasteiger partial charge in [-0.1, -0.05) is 6.07 Å². The summed E-state index contributed by atoms with van der Waals surface area (Å²) < 4.78 is 120. The van der Waals surface area contributed by atoms with Gasteiger partial charge in [-0.15, -0.1) is 0 Å². The number of aromatic nitrogens is 2. The van der Waals surface area contributed by atoms with E-state index in [1.165, 1.54) is 14.1 Å². The molecule has 33 heavy (non-hydrogen) atoms. The Balaban J connectivity index is 2.65. The molecule has 0 saturated carbocycles. The van der Waals surface area contributed by atoms with Crippen LogP contribution in [0.5, 0.6) is 0 Å². The standard InChI is InChI=1S/C19H12F9N3O2/c1-30(2)12-7-4-5-8-13(31(3)29-14(8)17(20,21)22)11(7)9(15(32)18(23,24)25)6-10(12)16(33)19(26,27)28/h4-6H,1-3H3. The van der Waals surface area contributed by atoms with E-state index in [1.54, 1.807) is 0 Å². The third kappa shape index (κ3) is 3.97. The highest BCUT2D eigenvalue weighted by atomic mass is 19.4. The fourth-order valence-electron chi connectivity index (χ4n) is 3.62. The molecule has 14 heteroatoms. The van der Waals surface area contributed by atoms with Crippen LogP contribution in [0.4, 0.5) is 45.2 Å². The van der Waals surface area contributed by atoms with E-state index in [1.807, 2.05) is 0 Å². The molecular weight excluding hydrogens is 473 g/mol. The second-order valence-electron chi connectivity index (χ2n) is 7.22. The molecule has 0 bridgehead atoms. The zero-order valence-electron chi connectivity index (χ0n) is 16.8. The summed E-state index contributed by atoms with van der Waals surface area (Å²) in [4.78, 5) is 25.2. The molecular formula is C19H12F9N3O2. The Morgan fingerprint density at radius 1 is 0.848 bits per heavy atom. The van der Waals surface area contributed by atoms with Gasteiger partial charge in [0.2, 0.25) is 0 Å². The number of halogens is 9. The zero-order chi connectivity index (χ0) is 25.3. The summed E-state index contributed by atoms with van der Waals surface area (Å²) in [7, 11) is 3.34. The summed E-state index contributed by atoms with van der Waals surface area (Å²) in [5.41, 5.74) is -5.22. The van der Waals surface area contributed by atoms with Crippen LogP contribution in [0.25, 0.3) is 21.7 Å². The van der Waals surface area contributed by atoms with E-state index in [0.717, 1.165) is 24.1 Å². The predicted molar refractivity (Wildman–Crippen MR) is 98.3 cm³/mol. The predicted octanol–water partition coefficient (Wildman–Crippen LogP) is 5.30. The molecule has 0 aliphatic heterocycles. The van der Waals surface area contributed by atoms with Crippen molar-refractivity contribution >= 4 is 38.9 Å². The lowest BCUT2D eigenvalue weighted by atomic mass is 9.91. The lowest BCUT2D eigenvalue weighted by Crippen LogP contribution is -2.28. The first-order valence-corrected chi connectivity index (χ1v) is 8.81. The van der Waals surface area contributed by atoms with E-state index >= 15 is 0 Å². The molecule has 1 heterocycles. The monoisotopic (exact) mass is 485 g/mol. The van der Waals surface area contributed by atoms with E-state index in [0.29, 0.717) is 4.68 Å². The number of anilines is 1. The van der Waals surface area contributed by atoms with Crippen molar-refractivity contribution in [2.75, 3.05) is 19.0 Å². The molecule has 0 atom stereocenters. The molecule has 3 rings (SSSR count). The third-order valence-corrected chi connectivity index (χ3v) is 4.79. The lowest BCUT2D eigenvalue weighted by molar-refractivity contribution is -0.140. The summed E-state index contributed by atoms with van der Waals surface area (Å²) >= 11 is 0. The maximum Gasteiger partial charge on any atom is 0.454 e. The Morgan fingerprint density at radius 2 is 1.33 bits per heavy atom. The third-order valence-electron chi connectivity index (χ3n) is 4.79. The van der Waals surface area contributed by atoms with Crippen LogP contribution in [0.2, 0.25) is 0 Å². The van der Waals surface area contributed by atoms with Crippen molar-refractivity contribution in [1.82, 2.24) is 9.78 Å². The van der Waals surface area contributed by atoms with Gasteiger partial charge in [0, 0.05) is 42.9 Å². The first-order chi connectivity index (χ1) is 14.9. The molecule has 0 spiro atoms. The number of nitrogens with zero attached hydrogens (tertiary/aromatic N) is 3. The van der Waals surface area contributed by atoms with Gasteiger partial charge in [0.05, 0.1) is 16.8 Å². The lowest BCUT2D eigenvalue weighted by Gasteiger charge is -2.23. The van der Waals surface area contributed by atoms with Gasteiger partial charge in [-0.25, -0.2) is 0 Å². The van der Waals surface area contributed by atoms with Gasteiger partial charge in [0.15, 0.2) is 5.69 Å². The van der Waals surface area contributed by atoms with Crippen molar-refractivity contribution in [3.05, 3.63) is 35.0 Å². The molecule has 0 aliphatic rings. The van der Waals surface area contributed by atoms with Crippen molar-refractivity contribution in [1.29, 1.82) is 0 Å². The number of aryl methyl sites for hydroxylation is 1. The molecule has 178 valence electrons. The number of fused-ring (bicyclic) bond motifs is 3. The number of carbonyl (C=O) groups excluding carboxylic acids is 2. The molecule has 3 aromatic rings. The summed E-state index contributed by atoms with van der Waals surface area (Å²) in [5.74, 6) is -5.15. The Morgan fingerprint density at radius 3 is 1.79 bits per heavy atom. The number of rotatable bonds is 3. The molecule has 0 amide bonds. The quantitative estimate of drug-likeness (QED) is 0.373. The first-order valence-electron chi connectivity index (χ1n) is 8.81. The van der Waals surface area contributed by atoms with Gasteiger partial charge in [0.1, 0.15) is 0 Å². The minimum absolute atomic E-state index is 0.114. The summed E-state index contributed by atoms with van der Waals surface area (Å²) in [6.45, 7) is 0. The van der Waals surface area contributed by atoms with Gasteiger partial charge in [-0.3, -0.25) is 14.3 Å². The molecule has 0 radical (unpaired) electrons. The van der Waals surface area contributed by atoms with Crippen LogP contribution in [0.3, 0.4) is 0 Å². The van der Waals surface area contributed by atoms with E-state index in [-0.39, 0.29) is 6.07 Å². The summed E-state index contributed by atoms with van der Waals surface area (Å²) in [5, 5.41) is 1.43. The van der Waals surface area contributed by atoms with Gasteiger partial charge < -0.3 is 4.90 Å². The van der Waals surface area contributed by atoms with Gasteiger partial charge in [-0.2, -0.15) is 44.6 Å². The highest BCUT2D eigenvalue weighted by Gasteiger charge is 2.45. The highest BCUT2D eigenvalue weighted by molar-refractivity contribution is 6.25. The Hall–Kier alpha value is -3.32. The molecule has 0 aliphatic carbocycles. The minimum Gasteiger partial charge on any atom is -0.377 e. The van der Waals surface area contributed by atoms with Gasteiger partial charge in [0.25, 0.3) is 11.6 Å². The van der Waals surface area contributed by atoms with Crippen molar-refractivity contribution < 1.29 is 49.1 Å². The molecule has 0 fully saturated rings. The zero-order valence-corrected chi connectivity index (χ0v) is 16.8. The van der Waals surface area contributed by atoms with Crippen LogP contribution in [-0.2, 0) is 13.2 Å². The molecule has 2 aromatic carbocycles. The van der Waals surface area contributed by atoms with Crippen LogP contribution in [0.1, 0.15) is 26.4 Å². The van der Waals surface area contributed by atoms with Crippen molar-refractivity contribution in [3.8, 4) is 0 Å². The molecule has 0 unspecified atom stereocenters. The van der Waals surface area contributed by atoms with Crippen LogP contribution < -0.4 is 4.90 Å². The number of hydrogen-bond donors (Lipinski definition) is 0. The van der Waals surface area contributed by atoms with E-state index in [2.05, 4.69) is 5.10 Å². The Labute approximate surface area is 178 Å². The number of ketones is 2. The van der Waals surface area contributed by atoms with E-state index < -0.39 is 74.3 Å². The fourth-order valence-corrected chi connectivity index (χ4v) is 3.62. The number of alkyl halides is 9. The minimum atomic E-state index is -5.60. The summed E-state index contributed by atoms with van der Waals surface area (Å²) in [6.07, 6.45) is -16.1. The number of carbonyl (C=O) groups is 2. The molecule has 0 N–H and O–H groups in total. The van der Waals surface area contributed by atoms with Crippen molar-refractivity contribution in [3.63, 3.8) is 0 Å². The van der Waals surface area contributed by atoms with Gasteiger partial charge >= 0.3 is 18.5 Å². The number of hydrogen-bond acceptors (Lipinski definition) is 4. The van der Waals surface area contributed by atoms with Crippen LogP contribution in [0, 0.1) is 0 Å². The average molecular weight is 485 g/mol. The molecule has 5 nitrogen and oxygen atoms in total. The topological polar surface area (TPSA) is 55.2 Å². The van der Waals surface area contributed by atoms with E-state index in [9.17, 15) is 49.1 Å². The fraction of sp³-hybridized carbons (Fsp3) is 0.316. The number of benzene rings is 2. The second kappa shape index (κ2) is 7.35.